The van der Waals surface area contributed by atoms with E-state index < -0.39 is 28.5 Å². The SMILES string of the molecule is CC(C)NC(=O)[C@H](C)N(Cc1cccc(Br)c1)C(=O)CN(C)S(=O)(=O)c1ccc(Cl)cc1. The highest BCUT2D eigenvalue weighted by molar-refractivity contribution is 9.10. The number of benzene rings is 2. The summed E-state index contributed by atoms with van der Waals surface area (Å²) >= 11 is 9.25. The zero-order valence-electron chi connectivity index (χ0n) is 18.4. The first kappa shape index (κ1) is 26.3. The van der Waals surface area contributed by atoms with Crippen molar-refractivity contribution >= 4 is 49.4 Å². The smallest absolute Gasteiger partial charge is 0.243 e. The van der Waals surface area contributed by atoms with Crippen molar-refractivity contribution in [2.24, 2.45) is 0 Å². The molecule has 0 aliphatic carbocycles. The first-order valence-corrected chi connectivity index (χ1v) is 12.6. The average molecular weight is 545 g/mol. The number of carbonyl (C=O) groups excluding carboxylic acids is 2. The third-order valence-electron chi connectivity index (χ3n) is 4.72. The molecule has 0 saturated heterocycles. The summed E-state index contributed by atoms with van der Waals surface area (Å²) in [6, 6.07) is 12.2. The molecule has 174 valence electrons. The Kier molecular flexibility index (Phi) is 9.27. The molecule has 0 unspecified atom stereocenters. The Morgan fingerprint density at radius 3 is 2.28 bits per heavy atom. The fraction of sp³-hybridized carbons (Fsp3) is 0.364. The minimum Gasteiger partial charge on any atom is -0.352 e. The monoisotopic (exact) mass is 543 g/mol. The van der Waals surface area contributed by atoms with Crippen LogP contribution in [0.1, 0.15) is 26.3 Å². The molecule has 0 spiro atoms. The molecule has 10 heteroatoms. The molecule has 1 atom stereocenters. The molecule has 0 aromatic heterocycles. The number of nitrogens with zero attached hydrogens (tertiary/aromatic N) is 2. The summed E-state index contributed by atoms with van der Waals surface area (Å²) in [6.45, 7) is 5.02. The van der Waals surface area contributed by atoms with Crippen molar-refractivity contribution in [1.82, 2.24) is 14.5 Å². The van der Waals surface area contributed by atoms with Gasteiger partial charge in [-0.3, -0.25) is 9.59 Å². The number of hydrogen-bond donors (Lipinski definition) is 1. The Hall–Kier alpha value is -1.94. The van der Waals surface area contributed by atoms with Crippen molar-refractivity contribution in [3.05, 3.63) is 63.6 Å². The number of rotatable bonds is 9. The maximum Gasteiger partial charge on any atom is 0.243 e. The average Bonchev–Trinajstić information content (AvgIpc) is 2.71. The summed E-state index contributed by atoms with van der Waals surface area (Å²) in [5.74, 6) is -0.803. The van der Waals surface area contributed by atoms with Crippen molar-refractivity contribution in [3.63, 3.8) is 0 Å². The van der Waals surface area contributed by atoms with Crippen LogP contribution in [-0.2, 0) is 26.2 Å². The van der Waals surface area contributed by atoms with E-state index in [9.17, 15) is 18.0 Å². The zero-order valence-corrected chi connectivity index (χ0v) is 21.5. The number of nitrogens with one attached hydrogen (secondary N) is 1. The van der Waals surface area contributed by atoms with Gasteiger partial charge in [-0.05, 0) is 62.7 Å². The van der Waals surface area contributed by atoms with Crippen LogP contribution in [0.3, 0.4) is 0 Å². The number of carbonyl (C=O) groups is 2. The van der Waals surface area contributed by atoms with Gasteiger partial charge in [0, 0.05) is 29.1 Å². The van der Waals surface area contributed by atoms with Gasteiger partial charge in [0.25, 0.3) is 0 Å². The minimum atomic E-state index is -3.91. The Morgan fingerprint density at radius 2 is 1.72 bits per heavy atom. The van der Waals surface area contributed by atoms with Crippen molar-refractivity contribution in [1.29, 1.82) is 0 Å². The number of likely N-dealkylation sites (N-methyl/N-ethyl adjacent to an activating group) is 1. The third kappa shape index (κ3) is 7.03. The zero-order chi connectivity index (χ0) is 24.1. The molecule has 1 N–H and O–H groups in total. The molecule has 2 rings (SSSR count). The van der Waals surface area contributed by atoms with Gasteiger partial charge >= 0.3 is 0 Å². The van der Waals surface area contributed by atoms with Crippen LogP contribution in [0.5, 0.6) is 0 Å². The summed E-state index contributed by atoms with van der Waals surface area (Å²) in [5, 5.41) is 3.21. The first-order chi connectivity index (χ1) is 14.9. The highest BCUT2D eigenvalue weighted by Gasteiger charge is 2.30. The Bertz CT molecular complexity index is 1060. The van der Waals surface area contributed by atoms with Gasteiger partial charge in [-0.2, -0.15) is 4.31 Å². The Balaban J connectivity index is 2.27. The Morgan fingerprint density at radius 1 is 1.09 bits per heavy atom. The lowest BCUT2D eigenvalue weighted by molar-refractivity contribution is -0.140. The number of sulfonamides is 1. The molecule has 2 aromatic rings. The standard InChI is InChI=1S/C22H27BrClN3O4S/c1-15(2)25-22(29)16(3)27(13-17-6-5-7-18(23)12-17)21(28)14-26(4)32(30,31)20-10-8-19(24)9-11-20/h5-12,15-16H,13-14H2,1-4H3,(H,25,29)/t16-/m0/s1. The molecule has 0 saturated carbocycles. The second-order valence-corrected chi connectivity index (χ2v) is 11.1. The van der Waals surface area contributed by atoms with E-state index in [1.165, 1.54) is 36.2 Å². The lowest BCUT2D eigenvalue weighted by Gasteiger charge is -2.30. The van der Waals surface area contributed by atoms with Gasteiger partial charge in [0.2, 0.25) is 21.8 Å². The van der Waals surface area contributed by atoms with E-state index >= 15 is 0 Å². The van der Waals surface area contributed by atoms with Crippen molar-refractivity contribution in [2.75, 3.05) is 13.6 Å². The van der Waals surface area contributed by atoms with Crippen molar-refractivity contribution < 1.29 is 18.0 Å². The van der Waals surface area contributed by atoms with Gasteiger partial charge in [-0.25, -0.2) is 8.42 Å². The minimum absolute atomic E-state index is 0.0290. The van der Waals surface area contributed by atoms with Crippen LogP contribution in [0.2, 0.25) is 5.02 Å². The highest BCUT2D eigenvalue weighted by Crippen LogP contribution is 2.19. The van der Waals surface area contributed by atoms with Crippen LogP contribution >= 0.6 is 27.5 Å². The van der Waals surface area contributed by atoms with E-state index in [2.05, 4.69) is 21.2 Å². The molecule has 0 radical (unpaired) electrons. The van der Waals surface area contributed by atoms with E-state index in [0.29, 0.717) is 5.02 Å². The predicted octanol–water partition coefficient (Wildman–Crippen LogP) is 3.66. The summed E-state index contributed by atoms with van der Waals surface area (Å²) in [5.41, 5.74) is 0.806. The normalized spacial score (nSPS) is 12.6. The van der Waals surface area contributed by atoms with Gasteiger partial charge in [0.05, 0.1) is 11.4 Å². The van der Waals surface area contributed by atoms with Gasteiger partial charge in [0.1, 0.15) is 6.04 Å². The number of halogens is 2. The summed E-state index contributed by atoms with van der Waals surface area (Å²) in [4.78, 5) is 27.3. The van der Waals surface area contributed by atoms with Gasteiger partial charge in [-0.1, -0.05) is 39.7 Å². The number of amides is 2. The van der Waals surface area contributed by atoms with Crippen molar-refractivity contribution in [3.8, 4) is 0 Å². The fourth-order valence-electron chi connectivity index (χ4n) is 2.97. The second-order valence-electron chi connectivity index (χ2n) is 7.71. The van der Waals surface area contributed by atoms with Crippen LogP contribution < -0.4 is 5.32 Å². The molecule has 2 aromatic carbocycles. The molecule has 0 heterocycles. The summed E-state index contributed by atoms with van der Waals surface area (Å²) in [7, 11) is -2.58. The van der Waals surface area contributed by atoms with E-state index in [0.717, 1.165) is 14.3 Å². The van der Waals surface area contributed by atoms with Gasteiger partial charge in [-0.15, -0.1) is 0 Å². The van der Waals surface area contributed by atoms with E-state index in [1.807, 2.05) is 38.1 Å². The molecule has 0 aliphatic heterocycles. The van der Waals surface area contributed by atoms with E-state index in [-0.39, 0.29) is 23.4 Å². The molecular weight excluding hydrogens is 518 g/mol. The molecule has 0 bridgehead atoms. The predicted molar refractivity (Wildman–Crippen MR) is 129 cm³/mol. The summed E-state index contributed by atoms with van der Waals surface area (Å²) in [6.07, 6.45) is 0. The molecule has 0 fully saturated rings. The number of hydrogen-bond acceptors (Lipinski definition) is 4. The van der Waals surface area contributed by atoms with E-state index in [4.69, 9.17) is 11.6 Å². The lowest BCUT2D eigenvalue weighted by atomic mass is 10.1. The summed E-state index contributed by atoms with van der Waals surface area (Å²) < 4.78 is 27.6. The van der Waals surface area contributed by atoms with Crippen LogP contribution in [0, 0.1) is 0 Å². The van der Waals surface area contributed by atoms with Crippen molar-refractivity contribution in [2.45, 2.75) is 44.3 Å². The third-order valence-corrected chi connectivity index (χ3v) is 7.28. The fourth-order valence-corrected chi connectivity index (χ4v) is 4.67. The van der Waals surface area contributed by atoms with Gasteiger partial charge < -0.3 is 10.2 Å². The van der Waals surface area contributed by atoms with Crippen LogP contribution in [-0.4, -0.2) is 55.1 Å². The maximum absolute atomic E-state index is 13.2. The second kappa shape index (κ2) is 11.3. The Labute approximate surface area is 202 Å². The lowest BCUT2D eigenvalue weighted by Crippen LogP contribution is -2.51. The van der Waals surface area contributed by atoms with Gasteiger partial charge in [0.15, 0.2) is 0 Å². The van der Waals surface area contributed by atoms with Crippen LogP contribution in [0.4, 0.5) is 0 Å². The largest absolute Gasteiger partial charge is 0.352 e. The molecule has 0 aliphatic rings. The maximum atomic E-state index is 13.2. The molecule has 32 heavy (non-hydrogen) atoms. The molecule has 7 nitrogen and oxygen atoms in total. The van der Waals surface area contributed by atoms with Crippen LogP contribution in [0.15, 0.2) is 57.9 Å². The van der Waals surface area contributed by atoms with E-state index in [1.54, 1.807) is 6.92 Å². The van der Waals surface area contributed by atoms with Crippen LogP contribution in [0.25, 0.3) is 0 Å². The highest BCUT2D eigenvalue weighted by atomic mass is 79.9. The quantitative estimate of drug-likeness (QED) is 0.522. The molecule has 2 amide bonds. The molecular formula is C22H27BrClN3O4S. The first-order valence-electron chi connectivity index (χ1n) is 9.98. The topological polar surface area (TPSA) is 86.8 Å².